The summed E-state index contributed by atoms with van der Waals surface area (Å²) in [4.78, 5) is 0. The van der Waals surface area contributed by atoms with Gasteiger partial charge in [0.2, 0.25) is 0 Å². The van der Waals surface area contributed by atoms with Crippen molar-refractivity contribution in [1.82, 2.24) is 0 Å². The third-order valence-corrected chi connectivity index (χ3v) is 4.72. The van der Waals surface area contributed by atoms with Crippen LogP contribution in [0.3, 0.4) is 0 Å². The SMILES string of the molecule is Cc1ccccc1.Clc1ccccc1NCc1ccccc1.Nc1ccccc1Cl. The molecule has 0 bridgehead atoms. The lowest BCUT2D eigenvalue weighted by Crippen LogP contribution is -1.99. The molecule has 0 atom stereocenters. The van der Waals surface area contributed by atoms with E-state index >= 15 is 0 Å². The standard InChI is InChI=1S/C13H12ClN.C7H8.C6H6ClN/c14-12-8-4-5-9-13(12)15-10-11-6-2-1-3-7-11;1-7-5-3-2-4-6-7;7-5-3-1-2-4-6(5)8/h1-9,15H,10H2;2-6H,1H3;1-4H,8H2. The summed E-state index contributed by atoms with van der Waals surface area (Å²) in [5, 5.41) is 4.67. The van der Waals surface area contributed by atoms with E-state index in [2.05, 4.69) is 36.5 Å². The van der Waals surface area contributed by atoms with Crippen LogP contribution in [0.25, 0.3) is 0 Å². The second kappa shape index (κ2) is 13.3. The van der Waals surface area contributed by atoms with Crippen LogP contribution in [0.2, 0.25) is 10.0 Å². The number of nitrogen functional groups attached to an aromatic ring is 1. The van der Waals surface area contributed by atoms with Gasteiger partial charge in [0.1, 0.15) is 0 Å². The van der Waals surface area contributed by atoms with Crippen molar-refractivity contribution < 1.29 is 0 Å². The van der Waals surface area contributed by atoms with Gasteiger partial charge in [-0.15, -0.1) is 0 Å². The van der Waals surface area contributed by atoms with E-state index in [1.165, 1.54) is 11.1 Å². The van der Waals surface area contributed by atoms with Crippen molar-refractivity contribution in [1.29, 1.82) is 0 Å². The van der Waals surface area contributed by atoms with Crippen molar-refractivity contribution in [2.45, 2.75) is 13.5 Å². The van der Waals surface area contributed by atoms with Gasteiger partial charge >= 0.3 is 0 Å². The van der Waals surface area contributed by atoms with Crippen molar-refractivity contribution in [3.63, 3.8) is 0 Å². The van der Waals surface area contributed by atoms with Crippen LogP contribution in [-0.4, -0.2) is 0 Å². The molecule has 4 aromatic rings. The highest BCUT2D eigenvalue weighted by atomic mass is 35.5. The molecule has 154 valence electrons. The molecule has 0 radical (unpaired) electrons. The maximum atomic E-state index is 6.03. The van der Waals surface area contributed by atoms with E-state index in [1.807, 2.05) is 72.8 Å². The molecule has 4 heteroatoms. The molecule has 4 aromatic carbocycles. The summed E-state index contributed by atoms with van der Waals surface area (Å²) >= 11 is 11.6. The normalized spacial score (nSPS) is 9.43. The fourth-order valence-electron chi connectivity index (χ4n) is 2.41. The van der Waals surface area contributed by atoms with Crippen molar-refractivity contribution in [3.05, 3.63) is 130 Å². The number of benzene rings is 4. The third kappa shape index (κ3) is 9.04. The lowest BCUT2D eigenvalue weighted by Gasteiger charge is -2.07. The van der Waals surface area contributed by atoms with Crippen LogP contribution in [0, 0.1) is 6.92 Å². The second-order valence-corrected chi connectivity index (χ2v) is 7.31. The minimum absolute atomic E-state index is 0.618. The molecule has 0 aliphatic rings. The zero-order chi connectivity index (χ0) is 21.6. The fraction of sp³-hybridized carbons (Fsp3) is 0.0769. The molecule has 0 aliphatic carbocycles. The minimum Gasteiger partial charge on any atom is -0.398 e. The summed E-state index contributed by atoms with van der Waals surface area (Å²) < 4.78 is 0. The number of hydrogen-bond donors (Lipinski definition) is 2. The molecular weight excluding hydrogens is 411 g/mol. The predicted molar refractivity (Wildman–Crippen MR) is 132 cm³/mol. The number of hydrogen-bond acceptors (Lipinski definition) is 2. The van der Waals surface area contributed by atoms with Crippen LogP contribution in [0.5, 0.6) is 0 Å². The average molecular weight is 437 g/mol. The molecule has 4 rings (SSSR count). The molecule has 0 aliphatic heterocycles. The van der Waals surface area contributed by atoms with Crippen LogP contribution in [0.15, 0.2) is 109 Å². The lowest BCUT2D eigenvalue weighted by atomic mass is 10.2. The highest BCUT2D eigenvalue weighted by Crippen LogP contribution is 2.21. The van der Waals surface area contributed by atoms with Crippen LogP contribution in [0.4, 0.5) is 11.4 Å². The Morgan fingerprint density at radius 3 is 1.60 bits per heavy atom. The molecule has 3 N–H and O–H groups in total. The van der Waals surface area contributed by atoms with E-state index in [0.29, 0.717) is 10.7 Å². The summed E-state index contributed by atoms with van der Waals surface area (Å²) in [7, 11) is 0. The number of rotatable bonds is 3. The molecule has 30 heavy (non-hydrogen) atoms. The van der Waals surface area contributed by atoms with Crippen molar-refractivity contribution >= 4 is 34.6 Å². The summed E-state index contributed by atoms with van der Waals surface area (Å²) in [6.07, 6.45) is 0. The smallest absolute Gasteiger partial charge is 0.0637 e. The van der Waals surface area contributed by atoms with Gasteiger partial charge in [0.25, 0.3) is 0 Å². The number of halogens is 2. The first-order chi connectivity index (χ1) is 14.6. The average Bonchev–Trinajstić information content (AvgIpc) is 2.77. The Hall–Kier alpha value is -2.94. The van der Waals surface area contributed by atoms with Gasteiger partial charge in [-0.3, -0.25) is 0 Å². The first-order valence-corrected chi connectivity index (χ1v) is 10.4. The zero-order valence-corrected chi connectivity index (χ0v) is 18.4. The van der Waals surface area contributed by atoms with E-state index in [4.69, 9.17) is 28.9 Å². The molecule has 0 fully saturated rings. The first kappa shape index (κ1) is 23.3. The quantitative estimate of drug-likeness (QED) is 0.320. The predicted octanol–water partition coefficient (Wildman–Crippen LogP) is 7.87. The molecule has 0 amide bonds. The molecule has 0 saturated carbocycles. The number of anilines is 2. The Bertz CT molecular complexity index is 969. The van der Waals surface area contributed by atoms with Crippen LogP contribution in [0.1, 0.15) is 11.1 Å². The van der Waals surface area contributed by atoms with Gasteiger partial charge in [0.05, 0.1) is 21.4 Å². The van der Waals surface area contributed by atoms with Crippen LogP contribution in [-0.2, 0) is 6.54 Å². The van der Waals surface area contributed by atoms with Crippen molar-refractivity contribution in [3.8, 4) is 0 Å². The van der Waals surface area contributed by atoms with Gasteiger partial charge in [0, 0.05) is 6.54 Å². The van der Waals surface area contributed by atoms with Gasteiger partial charge in [-0.2, -0.15) is 0 Å². The number of para-hydroxylation sites is 2. The Balaban J connectivity index is 0.000000179. The summed E-state index contributed by atoms with van der Waals surface area (Å²) in [6.45, 7) is 2.88. The summed E-state index contributed by atoms with van der Waals surface area (Å²) in [5.41, 5.74) is 9.57. The molecule has 2 nitrogen and oxygen atoms in total. The summed E-state index contributed by atoms with van der Waals surface area (Å²) in [5.74, 6) is 0. The highest BCUT2D eigenvalue weighted by Gasteiger charge is 1.97. The van der Waals surface area contributed by atoms with E-state index < -0.39 is 0 Å². The van der Waals surface area contributed by atoms with Crippen LogP contribution < -0.4 is 11.1 Å². The molecule has 0 spiro atoms. The summed E-state index contributed by atoms with van der Waals surface area (Å²) in [6, 6.07) is 35.5. The number of nitrogens with one attached hydrogen (secondary N) is 1. The van der Waals surface area contributed by atoms with Gasteiger partial charge in [-0.1, -0.05) is 114 Å². The van der Waals surface area contributed by atoms with Gasteiger partial charge in [-0.25, -0.2) is 0 Å². The van der Waals surface area contributed by atoms with Crippen molar-refractivity contribution in [2.75, 3.05) is 11.1 Å². The molecule has 0 unspecified atom stereocenters. The Morgan fingerprint density at radius 1 is 0.633 bits per heavy atom. The first-order valence-electron chi connectivity index (χ1n) is 9.60. The zero-order valence-electron chi connectivity index (χ0n) is 16.9. The van der Waals surface area contributed by atoms with Crippen LogP contribution >= 0.6 is 23.2 Å². The number of aryl methyl sites for hydroxylation is 1. The molecule has 0 saturated heterocycles. The van der Waals surface area contributed by atoms with E-state index in [-0.39, 0.29) is 0 Å². The third-order valence-electron chi connectivity index (χ3n) is 4.05. The molecule has 0 heterocycles. The largest absolute Gasteiger partial charge is 0.398 e. The van der Waals surface area contributed by atoms with Gasteiger partial charge in [0.15, 0.2) is 0 Å². The molecular formula is C26H26Cl2N2. The maximum absolute atomic E-state index is 6.03. The monoisotopic (exact) mass is 436 g/mol. The van der Waals surface area contributed by atoms with Crippen molar-refractivity contribution in [2.24, 2.45) is 0 Å². The van der Waals surface area contributed by atoms with E-state index in [9.17, 15) is 0 Å². The lowest BCUT2D eigenvalue weighted by molar-refractivity contribution is 1.15. The topological polar surface area (TPSA) is 38.0 Å². The van der Waals surface area contributed by atoms with E-state index in [0.717, 1.165) is 17.3 Å². The fourth-order valence-corrected chi connectivity index (χ4v) is 2.75. The Labute approximate surface area is 189 Å². The van der Waals surface area contributed by atoms with E-state index in [1.54, 1.807) is 12.1 Å². The molecule has 0 aromatic heterocycles. The Morgan fingerprint density at radius 2 is 1.13 bits per heavy atom. The number of nitrogens with two attached hydrogens (primary N) is 1. The highest BCUT2D eigenvalue weighted by molar-refractivity contribution is 6.33. The van der Waals surface area contributed by atoms with Gasteiger partial charge in [-0.05, 0) is 36.8 Å². The second-order valence-electron chi connectivity index (χ2n) is 6.50. The minimum atomic E-state index is 0.618. The maximum Gasteiger partial charge on any atom is 0.0637 e. The van der Waals surface area contributed by atoms with Gasteiger partial charge < -0.3 is 11.1 Å². The Kier molecular flexibility index (Phi) is 10.4.